The Morgan fingerprint density at radius 3 is 2.75 bits per heavy atom. The molecular weight excluding hydrogens is 152 g/mol. The van der Waals surface area contributed by atoms with Gasteiger partial charge in [0.05, 0.1) is 12.6 Å². The van der Waals surface area contributed by atoms with Gasteiger partial charge in [0.25, 0.3) is 0 Å². The lowest BCUT2D eigenvalue weighted by Gasteiger charge is -2.11. The molecule has 0 fully saturated rings. The van der Waals surface area contributed by atoms with Crippen LogP contribution in [0.4, 0.5) is 5.69 Å². The maximum absolute atomic E-state index is 8.82. The first-order chi connectivity index (χ1) is 5.65. The summed E-state index contributed by atoms with van der Waals surface area (Å²) >= 11 is 0. The molecule has 0 unspecified atom stereocenters. The first kappa shape index (κ1) is 9.03. The predicted octanol–water partition coefficient (Wildman–Crippen LogP) is 0.569. The van der Waals surface area contributed by atoms with Gasteiger partial charge in [-0.25, -0.2) is 0 Å². The molecule has 3 nitrogen and oxygen atoms in total. The van der Waals surface area contributed by atoms with Crippen molar-refractivity contribution in [3.8, 4) is 0 Å². The molecule has 0 aliphatic rings. The smallest absolute Gasteiger partial charge is 0.0625 e. The van der Waals surface area contributed by atoms with Crippen LogP contribution in [0.3, 0.4) is 0 Å². The molecule has 5 N–H and O–H groups in total. The van der Waals surface area contributed by atoms with Crippen LogP contribution < -0.4 is 11.5 Å². The molecule has 0 saturated heterocycles. The van der Waals surface area contributed by atoms with E-state index in [1.54, 1.807) is 6.07 Å². The van der Waals surface area contributed by atoms with Crippen LogP contribution >= 0.6 is 0 Å². The highest BCUT2D eigenvalue weighted by atomic mass is 16.3. The Bertz CT molecular complexity index is 273. The zero-order chi connectivity index (χ0) is 9.14. The molecule has 12 heavy (non-hydrogen) atoms. The molecule has 0 heterocycles. The van der Waals surface area contributed by atoms with Crippen molar-refractivity contribution < 1.29 is 5.11 Å². The molecule has 0 spiro atoms. The Labute approximate surface area is 72.0 Å². The Kier molecular flexibility index (Phi) is 2.68. The zero-order valence-corrected chi connectivity index (χ0v) is 7.12. The van der Waals surface area contributed by atoms with Gasteiger partial charge in [0.2, 0.25) is 0 Å². The van der Waals surface area contributed by atoms with E-state index in [0.29, 0.717) is 5.69 Å². The molecule has 0 aliphatic carbocycles. The zero-order valence-electron chi connectivity index (χ0n) is 7.12. The molecule has 3 heteroatoms. The minimum absolute atomic E-state index is 0.0757. The van der Waals surface area contributed by atoms with Crippen molar-refractivity contribution in [2.75, 3.05) is 12.3 Å². The summed E-state index contributed by atoms with van der Waals surface area (Å²) in [4.78, 5) is 0. The monoisotopic (exact) mass is 166 g/mol. The number of aryl methyl sites for hydroxylation is 1. The van der Waals surface area contributed by atoms with E-state index in [1.165, 1.54) is 0 Å². The molecular formula is C9H14N2O. The molecule has 66 valence electrons. The van der Waals surface area contributed by atoms with Crippen molar-refractivity contribution in [1.29, 1.82) is 0 Å². The van der Waals surface area contributed by atoms with Crippen LogP contribution in [0.25, 0.3) is 0 Å². The van der Waals surface area contributed by atoms with Gasteiger partial charge >= 0.3 is 0 Å². The van der Waals surface area contributed by atoms with E-state index >= 15 is 0 Å². The van der Waals surface area contributed by atoms with Crippen molar-refractivity contribution in [3.05, 3.63) is 29.3 Å². The van der Waals surface area contributed by atoms with Gasteiger partial charge in [0, 0.05) is 5.69 Å². The number of hydrogen-bond acceptors (Lipinski definition) is 3. The molecule has 0 amide bonds. The molecule has 0 saturated carbocycles. The Hall–Kier alpha value is -1.06. The highest BCUT2D eigenvalue weighted by Gasteiger charge is 2.07. The van der Waals surface area contributed by atoms with Crippen molar-refractivity contribution in [3.63, 3.8) is 0 Å². The molecule has 1 atom stereocenters. The van der Waals surface area contributed by atoms with Gasteiger partial charge < -0.3 is 16.6 Å². The molecule has 0 radical (unpaired) electrons. The molecule has 1 rings (SSSR count). The van der Waals surface area contributed by atoms with Crippen molar-refractivity contribution in [2.45, 2.75) is 13.0 Å². The second-order valence-corrected chi connectivity index (χ2v) is 2.92. The second kappa shape index (κ2) is 3.56. The lowest BCUT2D eigenvalue weighted by Crippen LogP contribution is -2.16. The van der Waals surface area contributed by atoms with Gasteiger partial charge in [0.15, 0.2) is 0 Å². The maximum atomic E-state index is 8.82. The topological polar surface area (TPSA) is 72.3 Å². The van der Waals surface area contributed by atoms with Gasteiger partial charge in [-0.2, -0.15) is 0 Å². The fraction of sp³-hybridized carbons (Fsp3) is 0.333. The summed E-state index contributed by atoms with van der Waals surface area (Å²) in [6, 6.07) is 5.25. The van der Waals surface area contributed by atoms with Gasteiger partial charge in [-0.15, -0.1) is 0 Å². The third kappa shape index (κ3) is 1.75. The molecule has 0 aliphatic heterocycles. The number of anilines is 1. The van der Waals surface area contributed by atoms with E-state index in [-0.39, 0.29) is 12.6 Å². The van der Waals surface area contributed by atoms with E-state index < -0.39 is 0 Å². The minimum Gasteiger partial charge on any atom is -0.398 e. The van der Waals surface area contributed by atoms with E-state index in [2.05, 4.69) is 0 Å². The molecule has 1 aromatic rings. The summed E-state index contributed by atoms with van der Waals surface area (Å²) in [7, 11) is 0. The number of rotatable bonds is 2. The standard InChI is InChI=1S/C9H14N2O/c1-6-2-3-8(10)7(4-6)9(11)5-12/h2-4,9,12H,5,10-11H2,1H3/t9-/m1/s1. The van der Waals surface area contributed by atoms with E-state index in [4.69, 9.17) is 16.6 Å². The predicted molar refractivity (Wildman–Crippen MR) is 49.6 cm³/mol. The largest absolute Gasteiger partial charge is 0.398 e. The summed E-state index contributed by atoms with van der Waals surface area (Å²) in [5, 5.41) is 8.82. The average molecular weight is 166 g/mol. The van der Waals surface area contributed by atoms with Crippen LogP contribution in [-0.2, 0) is 0 Å². The Balaban J connectivity index is 3.04. The lowest BCUT2D eigenvalue weighted by molar-refractivity contribution is 0.268. The molecule has 0 bridgehead atoms. The first-order valence-corrected chi connectivity index (χ1v) is 3.87. The fourth-order valence-corrected chi connectivity index (χ4v) is 1.11. The van der Waals surface area contributed by atoms with Crippen molar-refractivity contribution >= 4 is 5.69 Å². The van der Waals surface area contributed by atoms with Crippen LogP contribution in [0.2, 0.25) is 0 Å². The van der Waals surface area contributed by atoms with Crippen molar-refractivity contribution in [1.82, 2.24) is 0 Å². The normalized spacial score (nSPS) is 12.9. The van der Waals surface area contributed by atoms with E-state index in [1.807, 2.05) is 19.1 Å². The Morgan fingerprint density at radius 1 is 1.50 bits per heavy atom. The Morgan fingerprint density at radius 2 is 2.17 bits per heavy atom. The summed E-state index contributed by atoms with van der Waals surface area (Å²) < 4.78 is 0. The van der Waals surface area contributed by atoms with Crippen molar-refractivity contribution in [2.24, 2.45) is 5.73 Å². The summed E-state index contributed by atoms with van der Waals surface area (Å²) in [6.45, 7) is 1.89. The number of hydrogen-bond donors (Lipinski definition) is 3. The SMILES string of the molecule is Cc1ccc(N)c([C@H](N)CO)c1. The number of aliphatic hydroxyl groups is 1. The average Bonchev–Trinajstić information content (AvgIpc) is 2.08. The third-order valence-electron chi connectivity index (χ3n) is 1.84. The van der Waals surface area contributed by atoms with Crippen LogP contribution in [0.5, 0.6) is 0 Å². The minimum atomic E-state index is -0.370. The van der Waals surface area contributed by atoms with E-state index in [9.17, 15) is 0 Å². The highest BCUT2D eigenvalue weighted by Crippen LogP contribution is 2.19. The quantitative estimate of drug-likeness (QED) is 0.562. The summed E-state index contributed by atoms with van der Waals surface area (Å²) in [6.07, 6.45) is 0. The summed E-state index contributed by atoms with van der Waals surface area (Å²) in [5.74, 6) is 0. The lowest BCUT2D eigenvalue weighted by atomic mass is 10.0. The van der Waals surface area contributed by atoms with Crippen LogP contribution in [-0.4, -0.2) is 11.7 Å². The first-order valence-electron chi connectivity index (χ1n) is 3.87. The van der Waals surface area contributed by atoms with Crippen LogP contribution in [0.1, 0.15) is 17.2 Å². The van der Waals surface area contributed by atoms with Gasteiger partial charge in [-0.1, -0.05) is 17.7 Å². The molecule has 1 aromatic carbocycles. The second-order valence-electron chi connectivity index (χ2n) is 2.92. The number of nitrogens with two attached hydrogens (primary N) is 2. The number of nitrogen functional groups attached to an aromatic ring is 1. The number of aliphatic hydroxyl groups excluding tert-OH is 1. The van der Waals surface area contributed by atoms with Crippen LogP contribution in [0, 0.1) is 6.92 Å². The van der Waals surface area contributed by atoms with E-state index in [0.717, 1.165) is 11.1 Å². The third-order valence-corrected chi connectivity index (χ3v) is 1.84. The van der Waals surface area contributed by atoms with Gasteiger partial charge in [-0.05, 0) is 18.6 Å². The molecule has 0 aromatic heterocycles. The maximum Gasteiger partial charge on any atom is 0.0625 e. The number of benzene rings is 1. The van der Waals surface area contributed by atoms with Crippen LogP contribution in [0.15, 0.2) is 18.2 Å². The van der Waals surface area contributed by atoms with Gasteiger partial charge in [0.1, 0.15) is 0 Å². The highest BCUT2D eigenvalue weighted by molar-refractivity contribution is 5.50. The summed E-state index contributed by atoms with van der Waals surface area (Å²) in [5.41, 5.74) is 13.9. The fourth-order valence-electron chi connectivity index (χ4n) is 1.11. The van der Waals surface area contributed by atoms with Gasteiger partial charge in [-0.3, -0.25) is 0 Å².